The Bertz CT molecular complexity index is 375. The van der Waals surface area contributed by atoms with Gasteiger partial charge in [-0.2, -0.15) is 0 Å². The first kappa shape index (κ1) is 3.01. The fourth-order valence-electron chi connectivity index (χ4n) is 0.336. The Balaban J connectivity index is 3.53. The third-order valence-corrected chi connectivity index (χ3v) is 1.64. The lowest BCUT2D eigenvalue weighted by Crippen LogP contribution is -1.80. The molecule has 0 saturated carbocycles. The minimum atomic E-state index is -2.43. The Labute approximate surface area is 77.8 Å². The molecule has 1 aromatic heterocycles. The lowest BCUT2D eigenvalue weighted by Gasteiger charge is -1.94. The summed E-state index contributed by atoms with van der Waals surface area (Å²) in [5.41, 5.74) is -0.231. The van der Waals surface area contributed by atoms with Gasteiger partial charge in [0.25, 0.3) is 0 Å². The summed E-state index contributed by atoms with van der Waals surface area (Å²) in [6.07, 6.45) is 0. The summed E-state index contributed by atoms with van der Waals surface area (Å²) in [5.74, 6) is 0. The molecule has 3 heteroatoms. The zero-order valence-electron chi connectivity index (χ0n) is 9.20. The van der Waals surface area contributed by atoms with Crippen molar-refractivity contribution in [1.29, 1.82) is 0 Å². The molecule has 0 spiro atoms. The second-order valence-electron chi connectivity index (χ2n) is 1.32. The quantitative estimate of drug-likeness (QED) is 0.650. The van der Waals surface area contributed by atoms with Crippen molar-refractivity contribution in [3.63, 3.8) is 0 Å². The van der Waals surface area contributed by atoms with Crippen molar-refractivity contribution in [1.82, 2.24) is 4.98 Å². The molecular weight excluding hydrogens is 246 g/mol. The van der Waals surface area contributed by atoms with Crippen molar-refractivity contribution in [3.05, 3.63) is 26.9 Å². The molecule has 0 unspecified atom stereocenters. The van der Waals surface area contributed by atoms with Crippen LogP contribution in [0.5, 0.6) is 0 Å². The monoisotopic (exact) mass is 254 g/mol. The van der Waals surface area contributed by atoms with E-state index in [-0.39, 0.29) is 26.9 Å². The maximum Gasteiger partial charge on any atom is 0.110 e. The average molecular weight is 256 g/mol. The lowest BCUT2D eigenvalue weighted by molar-refractivity contribution is 1.18. The molecule has 0 bridgehead atoms. The molecule has 1 aromatic rings. The fourth-order valence-corrected chi connectivity index (χ4v) is 1.13. The molecule has 0 atom stereocenters. The zero-order valence-corrected chi connectivity index (χ0v) is 7.38. The van der Waals surface area contributed by atoms with Crippen molar-refractivity contribution in [2.75, 3.05) is 0 Å². The standard InChI is InChI=1S/C6H5Br2N/c1-4-2-3-5(7)9-6(4)8/h2-3H,1H3/i1D3,2D,3D. The predicted molar refractivity (Wildman–Crippen MR) is 44.4 cm³/mol. The Morgan fingerprint density at radius 2 is 2.44 bits per heavy atom. The van der Waals surface area contributed by atoms with E-state index in [2.05, 4.69) is 36.8 Å². The highest BCUT2D eigenvalue weighted by Crippen LogP contribution is 2.15. The molecule has 0 aromatic carbocycles. The lowest BCUT2D eigenvalue weighted by atomic mass is 10.3. The molecule has 1 nitrogen and oxygen atoms in total. The molecule has 1 rings (SSSR count). The van der Waals surface area contributed by atoms with Crippen molar-refractivity contribution < 1.29 is 6.85 Å². The average Bonchev–Trinajstić information content (AvgIpc) is 1.97. The van der Waals surface area contributed by atoms with Gasteiger partial charge in [0.15, 0.2) is 0 Å². The predicted octanol–water partition coefficient (Wildman–Crippen LogP) is 2.92. The van der Waals surface area contributed by atoms with E-state index in [9.17, 15) is 0 Å². The van der Waals surface area contributed by atoms with Crippen LogP contribution in [0, 0.1) is 6.85 Å². The minimum Gasteiger partial charge on any atom is -0.234 e. The summed E-state index contributed by atoms with van der Waals surface area (Å²) >= 11 is 5.93. The molecule has 0 N–H and O–H groups in total. The molecule has 0 aliphatic carbocycles. The van der Waals surface area contributed by atoms with E-state index in [1.54, 1.807) is 0 Å². The maximum absolute atomic E-state index is 7.49. The van der Waals surface area contributed by atoms with E-state index >= 15 is 0 Å². The second-order valence-corrected chi connectivity index (χ2v) is 2.82. The van der Waals surface area contributed by atoms with Gasteiger partial charge in [-0.25, -0.2) is 4.98 Å². The van der Waals surface area contributed by atoms with Crippen LogP contribution in [0.2, 0.25) is 0 Å². The van der Waals surface area contributed by atoms with Crippen LogP contribution in [-0.2, 0) is 0 Å². The summed E-state index contributed by atoms with van der Waals surface area (Å²) in [6, 6.07) is -0.557. The van der Waals surface area contributed by atoms with Gasteiger partial charge in [0.1, 0.15) is 9.21 Å². The Morgan fingerprint density at radius 1 is 1.67 bits per heavy atom. The second kappa shape index (κ2) is 2.80. The third kappa shape index (κ3) is 1.76. The molecule has 0 aliphatic rings. The summed E-state index contributed by atoms with van der Waals surface area (Å²) in [4.78, 5) is 3.77. The Hall–Kier alpha value is 0.110. The third-order valence-electron chi connectivity index (χ3n) is 0.693. The Kier molecular flexibility index (Phi) is 0.935. The van der Waals surface area contributed by atoms with Crippen molar-refractivity contribution >= 4 is 31.9 Å². The van der Waals surface area contributed by atoms with Gasteiger partial charge in [0.05, 0.1) is 2.74 Å². The van der Waals surface area contributed by atoms with Crippen LogP contribution in [0.3, 0.4) is 0 Å². The van der Waals surface area contributed by atoms with Gasteiger partial charge in [-0.05, 0) is 50.3 Å². The van der Waals surface area contributed by atoms with Crippen LogP contribution in [0.25, 0.3) is 0 Å². The van der Waals surface area contributed by atoms with Gasteiger partial charge in [-0.1, -0.05) is 6.04 Å². The molecule has 0 fully saturated rings. The number of halogens is 2. The van der Waals surface area contributed by atoms with Gasteiger partial charge in [0, 0.05) is 4.11 Å². The van der Waals surface area contributed by atoms with Crippen LogP contribution in [0.4, 0.5) is 0 Å². The summed E-state index contributed by atoms with van der Waals surface area (Å²) in [7, 11) is 0. The number of hydrogen-bond donors (Lipinski definition) is 0. The van der Waals surface area contributed by atoms with Gasteiger partial charge in [-0.15, -0.1) is 0 Å². The van der Waals surface area contributed by atoms with Gasteiger partial charge >= 0.3 is 0 Å². The first-order valence-electron chi connectivity index (χ1n) is 4.58. The molecular formula is C6H5Br2N. The van der Waals surface area contributed by atoms with E-state index < -0.39 is 6.85 Å². The molecule has 0 radical (unpaired) electrons. The first-order valence-corrected chi connectivity index (χ1v) is 3.66. The van der Waals surface area contributed by atoms with Crippen molar-refractivity contribution in [3.8, 4) is 0 Å². The van der Waals surface area contributed by atoms with E-state index in [1.165, 1.54) is 0 Å². The fraction of sp³-hybridized carbons (Fsp3) is 0.167. The molecule has 0 aliphatic heterocycles. The van der Waals surface area contributed by atoms with Crippen LogP contribution >= 0.6 is 31.9 Å². The number of nitrogens with zero attached hydrogens (tertiary/aromatic N) is 1. The highest BCUT2D eigenvalue weighted by Gasteiger charge is 1.93. The molecule has 0 saturated heterocycles. The topological polar surface area (TPSA) is 12.9 Å². The molecule has 9 heavy (non-hydrogen) atoms. The zero-order chi connectivity index (χ0) is 11.1. The summed E-state index contributed by atoms with van der Waals surface area (Å²) in [6.45, 7) is -2.43. The number of aromatic nitrogens is 1. The highest BCUT2D eigenvalue weighted by molar-refractivity contribution is 9.11. The van der Waals surface area contributed by atoms with Crippen LogP contribution in [-0.4, -0.2) is 4.98 Å². The van der Waals surface area contributed by atoms with E-state index in [0.29, 0.717) is 0 Å². The van der Waals surface area contributed by atoms with Gasteiger partial charge < -0.3 is 0 Å². The molecule has 48 valence electrons. The summed E-state index contributed by atoms with van der Waals surface area (Å²) < 4.78 is 36.6. The van der Waals surface area contributed by atoms with E-state index in [0.717, 1.165) is 0 Å². The molecule has 1 heterocycles. The SMILES string of the molecule is [2H]c1c(Br)nc(Br)c(C([2H])([2H])[2H])c1[2H]. The first-order chi connectivity index (χ1) is 6.25. The largest absolute Gasteiger partial charge is 0.234 e. The smallest absolute Gasteiger partial charge is 0.110 e. The Morgan fingerprint density at radius 3 is 3.11 bits per heavy atom. The van der Waals surface area contributed by atoms with E-state index in [1.807, 2.05) is 0 Å². The van der Waals surface area contributed by atoms with E-state index in [4.69, 9.17) is 6.85 Å². The maximum atomic E-state index is 7.49. The summed E-state index contributed by atoms with van der Waals surface area (Å²) in [5, 5.41) is 0. The van der Waals surface area contributed by atoms with Crippen LogP contribution < -0.4 is 0 Å². The minimum absolute atomic E-state index is 0.0744. The highest BCUT2D eigenvalue weighted by atomic mass is 79.9. The van der Waals surface area contributed by atoms with Crippen LogP contribution in [0.1, 0.15) is 12.4 Å². The normalized spacial score (nSPS) is 19.1. The van der Waals surface area contributed by atoms with Crippen molar-refractivity contribution in [2.45, 2.75) is 6.85 Å². The molecule has 0 amide bonds. The number of hydrogen-bond acceptors (Lipinski definition) is 1. The number of rotatable bonds is 0. The van der Waals surface area contributed by atoms with Gasteiger partial charge in [0.2, 0.25) is 0 Å². The van der Waals surface area contributed by atoms with Crippen molar-refractivity contribution in [2.24, 2.45) is 0 Å². The van der Waals surface area contributed by atoms with Crippen LogP contribution in [0.15, 0.2) is 21.3 Å². The number of pyridine rings is 1. The van der Waals surface area contributed by atoms with Gasteiger partial charge in [-0.3, -0.25) is 0 Å².